The Morgan fingerprint density at radius 3 is 2.50 bits per heavy atom. The Kier molecular flexibility index (Phi) is 4.27. The minimum absolute atomic E-state index is 0.0889. The first-order valence-corrected chi connectivity index (χ1v) is 3.09. The van der Waals surface area contributed by atoms with E-state index in [-0.39, 0.29) is 18.9 Å². The first-order valence-electron chi connectivity index (χ1n) is 3.09. The molecule has 4 N–H and O–H groups in total. The number of guanidine groups is 1. The van der Waals surface area contributed by atoms with Crippen molar-refractivity contribution in [2.45, 2.75) is 12.6 Å². The van der Waals surface area contributed by atoms with Crippen LogP contribution in [-0.4, -0.2) is 23.6 Å². The van der Waals surface area contributed by atoms with Crippen molar-refractivity contribution in [3.05, 3.63) is 15.0 Å². The second-order valence-electron chi connectivity index (χ2n) is 1.99. The Hall–Kier alpha value is -1.73. The summed E-state index contributed by atoms with van der Waals surface area (Å²) in [5, 5.41) is 12.4. The van der Waals surface area contributed by atoms with E-state index in [1.807, 2.05) is 0 Å². The standard InChI is InChI=1S/C4H9N5O3/c5-4(6)7-3(8-10)1-2-9(11)12/h3H,1-2H2,(H4,5,6,7). The van der Waals surface area contributed by atoms with Gasteiger partial charge in [-0.05, 0) is 5.18 Å². The fraction of sp³-hybridized carbons (Fsp3) is 0.750. The molecule has 0 saturated heterocycles. The van der Waals surface area contributed by atoms with Gasteiger partial charge in [-0.3, -0.25) is 10.1 Å². The number of nitrogens with two attached hydrogens (primary N) is 2. The highest BCUT2D eigenvalue weighted by atomic mass is 16.6. The lowest BCUT2D eigenvalue weighted by Gasteiger charge is -1.99. The zero-order valence-corrected chi connectivity index (χ0v) is 6.21. The van der Waals surface area contributed by atoms with Crippen LogP contribution >= 0.6 is 0 Å². The van der Waals surface area contributed by atoms with Crippen LogP contribution in [0.2, 0.25) is 0 Å². The van der Waals surface area contributed by atoms with E-state index < -0.39 is 11.1 Å². The van der Waals surface area contributed by atoms with Crippen LogP contribution < -0.4 is 11.5 Å². The van der Waals surface area contributed by atoms with Crippen LogP contribution in [0, 0.1) is 15.0 Å². The Morgan fingerprint density at radius 1 is 1.58 bits per heavy atom. The average molecular weight is 175 g/mol. The van der Waals surface area contributed by atoms with Crippen LogP contribution in [0.1, 0.15) is 6.42 Å². The van der Waals surface area contributed by atoms with E-state index in [0.29, 0.717) is 0 Å². The van der Waals surface area contributed by atoms with Gasteiger partial charge in [0.2, 0.25) is 6.54 Å². The van der Waals surface area contributed by atoms with Gasteiger partial charge in [0.05, 0.1) is 6.42 Å². The molecule has 8 nitrogen and oxygen atoms in total. The molecular weight excluding hydrogens is 166 g/mol. The molecule has 0 heterocycles. The molecule has 0 aromatic rings. The highest BCUT2D eigenvalue weighted by Crippen LogP contribution is 1.98. The van der Waals surface area contributed by atoms with Crippen molar-refractivity contribution in [3.8, 4) is 0 Å². The van der Waals surface area contributed by atoms with Crippen LogP contribution in [0.5, 0.6) is 0 Å². The van der Waals surface area contributed by atoms with E-state index in [4.69, 9.17) is 11.5 Å². The summed E-state index contributed by atoms with van der Waals surface area (Å²) in [4.78, 5) is 22.6. The van der Waals surface area contributed by atoms with Crippen molar-refractivity contribution < 1.29 is 4.92 Å². The number of nitrogens with zero attached hydrogens (tertiary/aromatic N) is 3. The maximum absolute atomic E-state index is 9.96. The third kappa shape index (κ3) is 5.09. The summed E-state index contributed by atoms with van der Waals surface area (Å²) in [7, 11) is 0. The molecule has 0 rings (SSSR count). The topological polar surface area (TPSA) is 137 Å². The van der Waals surface area contributed by atoms with Gasteiger partial charge in [0.15, 0.2) is 12.1 Å². The number of rotatable bonds is 5. The molecule has 0 aromatic carbocycles. The number of aliphatic imine (C=N–C) groups is 1. The second kappa shape index (κ2) is 4.99. The van der Waals surface area contributed by atoms with Crippen LogP contribution in [0.3, 0.4) is 0 Å². The SMILES string of the molecule is NC(N)=NC(CC[N+](=O)[O-])N=O. The molecule has 0 spiro atoms. The van der Waals surface area contributed by atoms with E-state index in [1.165, 1.54) is 0 Å². The predicted octanol–water partition coefficient (Wildman–Crippen LogP) is -0.981. The van der Waals surface area contributed by atoms with Gasteiger partial charge in [0.1, 0.15) is 0 Å². The zero-order chi connectivity index (χ0) is 9.56. The van der Waals surface area contributed by atoms with Gasteiger partial charge in [-0.25, -0.2) is 4.99 Å². The molecule has 1 unspecified atom stereocenters. The van der Waals surface area contributed by atoms with Crippen molar-refractivity contribution in [2.75, 3.05) is 6.54 Å². The molecule has 0 saturated carbocycles. The fourth-order valence-electron chi connectivity index (χ4n) is 0.534. The van der Waals surface area contributed by atoms with E-state index in [9.17, 15) is 15.0 Å². The molecule has 0 radical (unpaired) electrons. The van der Waals surface area contributed by atoms with Crippen LogP contribution in [0.4, 0.5) is 0 Å². The summed E-state index contributed by atoms with van der Waals surface area (Å²) in [6.07, 6.45) is -1.14. The molecule has 8 heteroatoms. The monoisotopic (exact) mass is 175 g/mol. The highest BCUT2D eigenvalue weighted by molar-refractivity contribution is 5.75. The summed E-state index contributed by atoms with van der Waals surface area (Å²) in [6.45, 7) is -0.382. The maximum Gasteiger partial charge on any atom is 0.207 e. The summed E-state index contributed by atoms with van der Waals surface area (Å²) < 4.78 is 0. The van der Waals surface area contributed by atoms with Crippen LogP contribution in [0.25, 0.3) is 0 Å². The Balaban J connectivity index is 3.92. The Bertz CT molecular complexity index is 199. The lowest BCUT2D eigenvalue weighted by Crippen LogP contribution is -2.25. The molecule has 0 aliphatic rings. The molecule has 12 heavy (non-hydrogen) atoms. The minimum Gasteiger partial charge on any atom is -0.370 e. The number of nitroso groups, excluding NO2 is 1. The smallest absolute Gasteiger partial charge is 0.207 e. The molecular formula is C4H9N5O3. The van der Waals surface area contributed by atoms with Crippen LogP contribution in [-0.2, 0) is 0 Å². The Labute approximate surface area is 67.8 Å². The summed E-state index contributed by atoms with van der Waals surface area (Å²) >= 11 is 0. The minimum atomic E-state index is -1.06. The van der Waals surface area contributed by atoms with E-state index in [2.05, 4.69) is 10.2 Å². The summed E-state index contributed by atoms with van der Waals surface area (Å²) in [5.74, 6) is -0.303. The van der Waals surface area contributed by atoms with Crippen molar-refractivity contribution >= 4 is 5.96 Å². The van der Waals surface area contributed by atoms with Gasteiger partial charge in [0.25, 0.3) is 0 Å². The van der Waals surface area contributed by atoms with Gasteiger partial charge in [-0.2, -0.15) is 0 Å². The fourth-order valence-corrected chi connectivity index (χ4v) is 0.534. The molecule has 0 aromatic heterocycles. The van der Waals surface area contributed by atoms with Gasteiger partial charge >= 0.3 is 0 Å². The molecule has 0 aliphatic heterocycles. The molecule has 0 amide bonds. The normalized spacial score (nSPS) is 11.7. The summed E-state index contributed by atoms with van der Waals surface area (Å²) in [6, 6.07) is 0. The van der Waals surface area contributed by atoms with Crippen molar-refractivity contribution in [3.63, 3.8) is 0 Å². The van der Waals surface area contributed by atoms with Gasteiger partial charge in [0, 0.05) is 4.92 Å². The van der Waals surface area contributed by atoms with E-state index in [0.717, 1.165) is 0 Å². The van der Waals surface area contributed by atoms with Gasteiger partial charge in [-0.15, -0.1) is 4.91 Å². The molecule has 0 fully saturated rings. The van der Waals surface area contributed by atoms with Crippen molar-refractivity contribution in [1.82, 2.24) is 0 Å². The maximum atomic E-state index is 9.96. The van der Waals surface area contributed by atoms with Crippen molar-refractivity contribution in [1.29, 1.82) is 0 Å². The first-order chi connectivity index (χ1) is 5.56. The van der Waals surface area contributed by atoms with E-state index >= 15 is 0 Å². The molecule has 1 atom stereocenters. The molecule has 68 valence electrons. The highest BCUT2D eigenvalue weighted by Gasteiger charge is 2.10. The summed E-state index contributed by atoms with van der Waals surface area (Å²) in [5.41, 5.74) is 9.87. The van der Waals surface area contributed by atoms with Crippen molar-refractivity contribution in [2.24, 2.45) is 21.6 Å². The number of hydrogen-bond acceptors (Lipinski definition) is 5. The Morgan fingerprint density at radius 2 is 2.17 bits per heavy atom. The predicted molar refractivity (Wildman–Crippen MR) is 41.9 cm³/mol. The van der Waals surface area contributed by atoms with Crippen LogP contribution in [0.15, 0.2) is 10.2 Å². The quantitative estimate of drug-likeness (QED) is 0.182. The number of hydrogen-bond donors (Lipinski definition) is 2. The second-order valence-corrected chi connectivity index (χ2v) is 1.99. The first kappa shape index (κ1) is 10.3. The van der Waals surface area contributed by atoms with Gasteiger partial charge < -0.3 is 11.5 Å². The number of nitro groups is 1. The molecule has 0 bridgehead atoms. The lowest BCUT2D eigenvalue weighted by molar-refractivity contribution is -0.480. The third-order valence-corrected chi connectivity index (χ3v) is 0.990. The average Bonchev–Trinajstić information content (AvgIpc) is 1.97. The lowest BCUT2D eigenvalue weighted by atomic mass is 10.3. The largest absolute Gasteiger partial charge is 0.370 e. The molecule has 0 aliphatic carbocycles. The zero-order valence-electron chi connectivity index (χ0n) is 6.21. The third-order valence-electron chi connectivity index (χ3n) is 0.990. The van der Waals surface area contributed by atoms with Gasteiger partial charge in [-0.1, -0.05) is 0 Å². The van der Waals surface area contributed by atoms with E-state index in [1.54, 1.807) is 0 Å².